The molecule has 5 heteroatoms. The topological polar surface area (TPSA) is 50.9 Å². The van der Waals surface area contributed by atoms with Crippen LogP contribution in [-0.2, 0) is 0 Å². The predicted octanol–water partition coefficient (Wildman–Crippen LogP) is 2.49. The van der Waals surface area contributed by atoms with Gasteiger partial charge < -0.3 is 0 Å². The number of hydrazine groups is 1. The number of nitrogens with zero attached hydrogens (tertiary/aromatic N) is 1. The Balaban J connectivity index is 2.75. The lowest BCUT2D eigenvalue weighted by atomic mass is 10.2. The second kappa shape index (κ2) is 3.39. The second-order valence-corrected chi connectivity index (χ2v) is 4.95. The van der Waals surface area contributed by atoms with Crippen molar-refractivity contribution in [3.8, 4) is 0 Å². The number of rotatable bonds is 1. The Morgan fingerprint density at radius 3 is 3.00 bits per heavy atom. The number of anilines is 1. The Bertz CT molecular complexity index is 452. The van der Waals surface area contributed by atoms with Crippen LogP contribution in [0.2, 0.25) is 0 Å². The Morgan fingerprint density at radius 1 is 1.54 bits per heavy atom. The molecule has 0 fully saturated rings. The van der Waals surface area contributed by atoms with Crippen molar-refractivity contribution < 1.29 is 0 Å². The predicted molar refractivity (Wildman–Crippen MR) is 64.9 cm³/mol. The third-order valence-corrected chi connectivity index (χ3v) is 3.47. The van der Waals surface area contributed by atoms with E-state index in [1.807, 2.05) is 0 Å². The fraction of sp³-hybridized carbons (Fsp3) is 0.125. The molecule has 0 aliphatic heterocycles. The number of thiazole rings is 1. The highest BCUT2D eigenvalue weighted by Gasteiger charge is 2.06. The molecule has 0 aliphatic rings. The number of nitrogen functional groups attached to an aromatic ring is 1. The molecule has 68 valence electrons. The summed E-state index contributed by atoms with van der Waals surface area (Å²) in [6.07, 6.45) is 0. The summed E-state index contributed by atoms with van der Waals surface area (Å²) < 4.78 is 2.35. The maximum atomic E-state index is 5.30. The first-order chi connectivity index (χ1) is 6.20. The average Bonchev–Trinajstić information content (AvgIpc) is 2.47. The zero-order valence-corrected chi connectivity index (χ0v) is 9.94. The van der Waals surface area contributed by atoms with Crippen molar-refractivity contribution in [1.29, 1.82) is 0 Å². The monoisotopic (exact) mass is 305 g/mol. The van der Waals surface area contributed by atoms with Crippen LogP contribution < -0.4 is 11.3 Å². The molecule has 0 saturated carbocycles. The Hall–Kier alpha value is -0.400. The molecule has 13 heavy (non-hydrogen) atoms. The highest BCUT2D eigenvalue weighted by Crippen LogP contribution is 2.29. The van der Waals surface area contributed by atoms with E-state index in [4.69, 9.17) is 5.84 Å². The molecule has 1 aromatic carbocycles. The van der Waals surface area contributed by atoms with Crippen LogP contribution >= 0.6 is 33.9 Å². The largest absolute Gasteiger partial charge is 0.300 e. The van der Waals surface area contributed by atoms with Gasteiger partial charge >= 0.3 is 0 Å². The number of nitrogens with two attached hydrogens (primary N) is 1. The fourth-order valence-electron chi connectivity index (χ4n) is 1.18. The Kier molecular flexibility index (Phi) is 2.39. The summed E-state index contributed by atoms with van der Waals surface area (Å²) in [5.41, 5.74) is 4.85. The van der Waals surface area contributed by atoms with Gasteiger partial charge in [-0.2, -0.15) is 0 Å². The quantitative estimate of drug-likeness (QED) is 0.483. The zero-order valence-electron chi connectivity index (χ0n) is 6.97. The molecule has 2 rings (SSSR count). The number of aromatic nitrogens is 1. The minimum Gasteiger partial charge on any atom is -0.300 e. The van der Waals surface area contributed by atoms with Crippen molar-refractivity contribution >= 4 is 49.3 Å². The van der Waals surface area contributed by atoms with Crippen molar-refractivity contribution in [3.63, 3.8) is 0 Å². The van der Waals surface area contributed by atoms with Crippen LogP contribution in [0.5, 0.6) is 0 Å². The number of nitrogens with one attached hydrogen (secondary N) is 1. The summed E-state index contributed by atoms with van der Waals surface area (Å²) in [6.45, 7) is 2.08. The highest BCUT2D eigenvalue weighted by atomic mass is 127. The molecule has 2 aromatic rings. The smallest absolute Gasteiger partial charge is 0.198 e. The van der Waals surface area contributed by atoms with Gasteiger partial charge in [-0.1, -0.05) is 11.3 Å². The molecular weight excluding hydrogens is 297 g/mol. The van der Waals surface area contributed by atoms with Gasteiger partial charge in [0.25, 0.3) is 0 Å². The third kappa shape index (κ3) is 1.63. The first kappa shape index (κ1) is 9.17. The number of hydrogen-bond donors (Lipinski definition) is 2. The highest BCUT2D eigenvalue weighted by molar-refractivity contribution is 14.1. The van der Waals surface area contributed by atoms with E-state index in [1.54, 1.807) is 11.3 Å². The average molecular weight is 305 g/mol. The molecule has 1 aromatic heterocycles. The maximum Gasteiger partial charge on any atom is 0.198 e. The summed E-state index contributed by atoms with van der Waals surface area (Å²) in [4.78, 5) is 4.35. The van der Waals surface area contributed by atoms with Gasteiger partial charge in [-0.3, -0.25) is 5.43 Å². The maximum absolute atomic E-state index is 5.30. The molecule has 0 spiro atoms. The summed E-state index contributed by atoms with van der Waals surface area (Å²) in [7, 11) is 0. The summed E-state index contributed by atoms with van der Waals surface area (Å²) in [6, 6.07) is 4.24. The molecule has 0 atom stereocenters. The van der Waals surface area contributed by atoms with Crippen molar-refractivity contribution in [1.82, 2.24) is 4.98 Å². The SMILES string of the molecule is Cc1cc(I)c2nc(NN)sc2c1. The number of benzene rings is 1. The lowest BCUT2D eigenvalue weighted by Crippen LogP contribution is -2.05. The van der Waals surface area contributed by atoms with Gasteiger partial charge in [-0.15, -0.1) is 0 Å². The lowest BCUT2D eigenvalue weighted by molar-refractivity contribution is 1.31. The molecule has 0 aliphatic carbocycles. The van der Waals surface area contributed by atoms with E-state index in [1.165, 1.54) is 13.8 Å². The second-order valence-electron chi connectivity index (χ2n) is 2.76. The van der Waals surface area contributed by atoms with Gasteiger partial charge in [0.05, 0.1) is 10.2 Å². The molecular formula is C8H8IN3S. The van der Waals surface area contributed by atoms with Crippen LogP contribution in [0, 0.1) is 10.5 Å². The van der Waals surface area contributed by atoms with Crippen LogP contribution in [0.1, 0.15) is 5.56 Å². The van der Waals surface area contributed by atoms with Gasteiger partial charge in [-0.25, -0.2) is 10.8 Å². The van der Waals surface area contributed by atoms with Gasteiger partial charge in [0, 0.05) is 3.57 Å². The van der Waals surface area contributed by atoms with Crippen molar-refractivity contribution in [2.45, 2.75) is 6.92 Å². The van der Waals surface area contributed by atoms with E-state index in [2.05, 4.69) is 52.1 Å². The molecule has 0 amide bonds. The van der Waals surface area contributed by atoms with E-state index < -0.39 is 0 Å². The normalized spacial score (nSPS) is 10.7. The van der Waals surface area contributed by atoms with Gasteiger partial charge in [0.15, 0.2) is 5.13 Å². The van der Waals surface area contributed by atoms with E-state index in [0.717, 1.165) is 10.6 Å². The van der Waals surface area contributed by atoms with E-state index in [0.29, 0.717) is 0 Å². The molecule has 1 heterocycles. The van der Waals surface area contributed by atoms with E-state index in [-0.39, 0.29) is 0 Å². The summed E-state index contributed by atoms with van der Waals surface area (Å²) in [5.74, 6) is 5.30. The summed E-state index contributed by atoms with van der Waals surface area (Å²) >= 11 is 3.86. The van der Waals surface area contributed by atoms with Gasteiger partial charge in [0.1, 0.15) is 0 Å². The minimum atomic E-state index is 0.763. The number of halogens is 1. The standard InChI is InChI=1S/C8H8IN3S/c1-4-2-5(9)7-6(3-4)13-8(11-7)12-10/h2-3H,10H2,1H3,(H,11,12). The molecule has 3 nitrogen and oxygen atoms in total. The van der Waals surface area contributed by atoms with Crippen LogP contribution in [0.15, 0.2) is 12.1 Å². The lowest BCUT2D eigenvalue weighted by Gasteiger charge is -1.94. The van der Waals surface area contributed by atoms with Crippen molar-refractivity contribution in [2.75, 3.05) is 5.43 Å². The molecule has 0 bridgehead atoms. The molecule has 0 radical (unpaired) electrons. The zero-order chi connectivity index (χ0) is 9.42. The van der Waals surface area contributed by atoms with Crippen molar-refractivity contribution in [2.24, 2.45) is 5.84 Å². The molecule has 0 saturated heterocycles. The molecule has 3 N–H and O–H groups in total. The Morgan fingerprint density at radius 2 is 2.31 bits per heavy atom. The van der Waals surface area contributed by atoms with E-state index >= 15 is 0 Å². The van der Waals surface area contributed by atoms with Crippen LogP contribution in [-0.4, -0.2) is 4.98 Å². The third-order valence-electron chi connectivity index (χ3n) is 1.72. The first-order valence-corrected chi connectivity index (χ1v) is 5.63. The van der Waals surface area contributed by atoms with Crippen LogP contribution in [0.3, 0.4) is 0 Å². The first-order valence-electron chi connectivity index (χ1n) is 3.74. The molecule has 0 unspecified atom stereocenters. The number of hydrogen-bond acceptors (Lipinski definition) is 4. The van der Waals surface area contributed by atoms with E-state index in [9.17, 15) is 0 Å². The van der Waals surface area contributed by atoms with Crippen LogP contribution in [0.25, 0.3) is 10.2 Å². The number of fused-ring (bicyclic) bond motifs is 1. The van der Waals surface area contributed by atoms with Crippen LogP contribution in [0.4, 0.5) is 5.13 Å². The minimum absolute atomic E-state index is 0.763. The summed E-state index contributed by atoms with van der Waals surface area (Å²) in [5, 5.41) is 0.763. The Labute approximate surface area is 93.5 Å². The number of aryl methyl sites for hydroxylation is 1. The van der Waals surface area contributed by atoms with Gasteiger partial charge in [0.2, 0.25) is 0 Å². The van der Waals surface area contributed by atoms with Gasteiger partial charge in [-0.05, 0) is 47.2 Å². The van der Waals surface area contributed by atoms with Crippen molar-refractivity contribution in [3.05, 3.63) is 21.3 Å². The fourth-order valence-corrected chi connectivity index (χ4v) is 3.17.